The van der Waals surface area contributed by atoms with Crippen molar-refractivity contribution in [2.45, 2.75) is 51.4 Å². The lowest BCUT2D eigenvalue weighted by Gasteiger charge is -2.05. The third kappa shape index (κ3) is 7.84. The van der Waals surface area contributed by atoms with Crippen molar-refractivity contribution in [3.63, 3.8) is 0 Å². The standard InChI is InChI=1S/C16H25O/c1-2-3-4-5-6-7-8-12-15-17-16-13-10-9-11-14-16/h9-11,13-14H,1-8,12,15H2. The fourth-order valence-corrected chi connectivity index (χ4v) is 1.87. The van der Waals surface area contributed by atoms with Gasteiger partial charge in [0.15, 0.2) is 0 Å². The highest BCUT2D eigenvalue weighted by Gasteiger charge is 1.93. The largest absolute Gasteiger partial charge is 0.494 e. The highest BCUT2D eigenvalue weighted by Crippen LogP contribution is 2.11. The molecule has 0 saturated heterocycles. The zero-order chi connectivity index (χ0) is 12.2. The van der Waals surface area contributed by atoms with Crippen LogP contribution in [0.4, 0.5) is 0 Å². The molecule has 0 N–H and O–H groups in total. The molecule has 95 valence electrons. The smallest absolute Gasteiger partial charge is 0.119 e. The number of rotatable bonds is 10. The molecule has 0 bridgehead atoms. The minimum absolute atomic E-state index is 0.850. The number of hydrogen-bond donors (Lipinski definition) is 0. The number of hydrogen-bond acceptors (Lipinski definition) is 1. The monoisotopic (exact) mass is 233 g/mol. The van der Waals surface area contributed by atoms with Crippen molar-refractivity contribution in [1.29, 1.82) is 0 Å². The minimum Gasteiger partial charge on any atom is -0.494 e. The topological polar surface area (TPSA) is 9.23 Å². The first kappa shape index (κ1) is 14.1. The molecular formula is C16H25O. The van der Waals surface area contributed by atoms with Crippen molar-refractivity contribution >= 4 is 0 Å². The molecule has 0 unspecified atom stereocenters. The predicted molar refractivity (Wildman–Crippen MR) is 74.2 cm³/mol. The first-order chi connectivity index (χ1) is 8.43. The normalized spacial score (nSPS) is 10.4. The zero-order valence-electron chi connectivity index (χ0n) is 10.9. The van der Waals surface area contributed by atoms with Crippen molar-refractivity contribution in [2.24, 2.45) is 0 Å². The van der Waals surface area contributed by atoms with Crippen LogP contribution in [-0.4, -0.2) is 6.61 Å². The van der Waals surface area contributed by atoms with Gasteiger partial charge in [-0.15, -0.1) is 0 Å². The predicted octanol–water partition coefficient (Wildman–Crippen LogP) is 5.02. The third-order valence-corrected chi connectivity index (χ3v) is 2.91. The Morgan fingerprint density at radius 1 is 0.765 bits per heavy atom. The summed E-state index contributed by atoms with van der Waals surface area (Å²) in [7, 11) is 0. The van der Waals surface area contributed by atoms with Gasteiger partial charge in [-0.2, -0.15) is 0 Å². The quantitative estimate of drug-likeness (QED) is 0.515. The van der Waals surface area contributed by atoms with E-state index in [0.29, 0.717) is 0 Å². The molecule has 1 aromatic rings. The number of unbranched alkanes of at least 4 members (excludes halogenated alkanes) is 7. The van der Waals surface area contributed by atoms with E-state index in [2.05, 4.69) is 6.92 Å². The van der Waals surface area contributed by atoms with Gasteiger partial charge in [0.25, 0.3) is 0 Å². The van der Waals surface area contributed by atoms with Gasteiger partial charge >= 0.3 is 0 Å². The molecule has 0 saturated carbocycles. The Balaban J connectivity index is 1.85. The van der Waals surface area contributed by atoms with E-state index in [1.165, 1.54) is 44.9 Å². The molecule has 0 heterocycles. The van der Waals surface area contributed by atoms with Gasteiger partial charge in [-0.05, 0) is 18.6 Å². The fraction of sp³-hybridized carbons (Fsp3) is 0.562. The summed E-state index contributed by atoms with van der Waals surface area (Å²) in [6.45, 7) is 4.71. The van der Waals surface area contributed by atoms with Gasteiger partial charge in [-0.1, -0.05) is 70.1 Å². The third-order valence-electron chi connectivity index (χ3n) is 2.91. The van der Waals surface area contributed by atoms with Gasteiger partial charge in [-0.25, -0.2) is 0 Å². The summed E-state index contributed by atoms with van der Waals surface area (Å²) in [4.78, 5) is 0. The van der Waals surface area contributed by atoms with E-state index in [1.54, 1.807) is 0 Å². The van der Waals surface area contributed by atoms with Crippen LogP contribution in [0.3, 0.4) is 0 Å². The lowest BCUT2D eigenvalue weighted by Crippen LogP contribution is -1.96. The van der Waals surface area contributed by atoms with E-state index in [9.17, 15) is 0 Å². The molecular weight excluding hydrogens is 208 g/mol. The van der Waals surface area contributed by atoms with Crippen LogP contribution in [0.25, 0.3) is 0 Å². The van der Waals surface area contributed by atoms with Gasteiger partial charge in [0.05, 0.1) is 6.61 Å². The highest BCUT2D eigenvalue weighted by molar-refractivity contribution is 5.20. The molecule has 1 rings (SSSR count). The van der Waals surface area contributed by atoms with E-state index in [0.717, 1.165) is 18.8 Å². The molecule has 0 amide bonds. The molecule has 1 nitrogen and oxygen atoms in total. The summed E-state index contributed by atoms with van der Waals surface area (Å²) in [5.41, 5.74) is 0. The zero-order valence-corrected chi connectivity index (χ0v) is 10.9. The van der Waals surface area contributed by atoms with Crippen LogP contribution >= 0.6 is 0 Å². The minimum atomic E-state index is 0.850. The van der Waals surface area contributed by atoms with E-state index in [4.69, 9.17) is 4.74 Å². The van der Waals surface area contributed by atoms with Gasteiger partial charge in [0.2, 0.25) is 0 Å². The van der Waals surface area contributed by atoms with Gasteiger partial charge in [0, 0.05) is 0 Å². The van der Waals surface area contributed by atoms with Crippen LogP contribution in [0.2, 0.25) is 0 Å². The van der Waals surface area contributed by atoms with Crippen LogP contribution < -0.4 is 4.74 Å². The van der Waals surface area contributed by atoms with Crippen molar-refractivity contribution in [3.05, 3.63) is 37.3 Å². The maximum Gasteiger partial charge on any atom is 0.119 e. The van der Waals surface area contributed by atoms with Crippen LogP contribution in [0.15, 0.2) is 30.3 Å². The molecule has 1 aromatic carbocycles. The second-order valence-electron chi connectivity index (χ2n) is 4.49. The Labute approximate surface area is 106 Å². The Morgan fingerprint density at radius 3 is 2.00 bits per heavy atom. The van der Waals surface area contributed by atoms with E-state index in [-0.39, 0.29) is 0 Å². The molecule has 1 heteroatoms. The maximum atomic E-state index is 5.64. The maximum absolute atomic E-state index is 5.64. The van der Waals surface area contributed by atoms with Gasteiger partial charge in [0.1, 0.15) is 5.75 Å². The Kier molecular flexibility index (Phi) is 8.44. The summed E-state index contributed by atoms with van der Waals surface area (Å²) in [6, 6.07) is 10.1. The molecule has 0 fully saturated rings. The number of para-hydroxylation sites is 1. The first-order valence-electron chi connectivity index (χ1n) is 6.90. The van der Waals surface area contributed by atoms with Gasteiger partial charge in [-0.3, -0.25) is 0 Å². The molecule has 1 radical (unpaired) electrons. The molecule has 0 spiro atoms. The first-order valence-corrected chi connectivity index (χ1v) is 6.90. The van der Waals surface area contributed by atoms with Crippen LogP contribution in [0.1, 0.15) is 51.4 Å². The number of ether oxygens (including phenoxy) is 1. The summed E-state index contributed by atoms with van der Waals surface area (Å²) in [5, 5.41) is 0. The average molecular weight is 233 g/mol. The molecule has 17 heavy (non-hydrogen) atoms. The van der Waals surface area contributed by atoms with Crippen LogP contribution in [-0.2, 0) is 0 Å². The SMILES string of the molecule is [CH2]CCCCCCCCCOc1ccccc1. The van der Waals surface area contributed by atoms with E-state index in [1.807, 2.05) is 30.3 Å². The van der Waals surface area contributed by atoms with Crippen molar-refractivity contribution in [2.75, 3.05) is 6.61 Å². The van der Waals surface area contributed by atoms with Crippen LogP contribution in [0.5, 0.6) is 5.75 Å². The molecule has 0 aromatic heterocycles. The van der Waals surface area contributed by atoms with Gasteiger partial charge < -0.3 is 4.74 Å². The van der Waals surface area contributed by atoms with Crippen molar-refractivity contribution in [3.8, 4) is 5.75 Å². The molecule has 0 aliphatic heterocycles. The van der Waals surface area contributed by atoms with Crippen molar-refractivity contribution in [1.82, 2.24) is 0 Å². The average Bonchev–Trinajstić information content (AvgIpc) is 2.38. The Hall–Kier alpha value is -0.980. The lowest BCUT2D eigenvalue weighted by atomic mass is 10.1. The molecule has 0 aliphatic rings. The van der Waals surface area contributed by atoms with E-state index < -0.39 is 0 Å². The van der Waals surface area contributed by atoms with Crippen LogP contribution in [0, 0.1) is 6.92 Å². The number of benzene rings is 1. The summed E-state index contributed by atoms with van der Waals surface area (Å²) >= 11 is 0. The molecule has 0 atom stereocenters. The summed E-state index contributed by atoms with van der Waals surface area (Å²) in [6.07, 6.45) is 10.3. The lowest BCUT2D eigenvalue weighted by molar-refractivity contribution is 0.304. The Bertz CT molecular complexity index is 255. The second kappa shape index (κ2) is 10.2. The molecule has 0 aliphatic carbocycles. The second-order valence-corrected chi connectivity index (χ2v) is 4.49. The van der Waals surface area contributed by atoms with E-state index >= 15 is 0 Å². The van der Waals surface area contributed by atoms with Crippen molar-refractivity contribution < 1.29 is 4.74 Å². The Morgan fingerprint density at radius 2 is 1.35 bits per heavy atom. The fourth-order valence-electron chi connectivity index (χ4n) is 1.87. The summed E-state index contributed by atoms with van der Waals surface area (Å²) < 4.78 is 5.64. The highest BCUT2D eigenvalue weighted by atomic mass is 16.5. The summed E-state index contributed by atoms with van der Waals surface area (Å²) in [5.74, 6) is 0.989.